The van der Waals surface area contributed by atoms with Gasteiger partial charge in [0.05, 0.1) is 18.2 Å². The van der Waals surface area contributed by atoms with Gasteiger partial charge in [-0.25, -0.2) is 0 Å². The summed E-state index contributed by atoms with van der Waals surface area (Å²) in [5.74, 6) is -1.11. The van der Waals surface area contributed by atoms with E-state index in [2.05, 4.69) is 15.5 Å². The molecule has 1 aliphatic carbocycles. The molecule has 2 N–H and O–H groups in total. The number of aromatic nitrogens is 1. The number of nitrogens with one attached hydrogen (secondary N) is 2. The number of halogens is 3. The highest BCUT2D eigenvalue weighted by atomic mass is 19.4. The molecular weight excluding hydrogens is 461 g/mol. The van der Waals surface area contributed by atoms with Gasteiger partial charge in [0.15, 0.2) is 0 Å². The highest BCUT2D eigenvalue weighted by Crippen LogP contribution is 2.32. The van der Waals surface area contributed by atoms with Gasteiger partial charge in [-0.15, -0.1) is 0 Å². The lowest BCUT2D eigenvalue weighted by Gasteiger charge is -2.46. The molecule has 1 aromatic carbocycles. The molecule has 2 aromatic rings. The minimum Gasteiger partial charge on any atom is -0.349 e. The smallest absolute Gasteiger partial charge is 0.349 e. The molecule has 2 aliphatic rings. The number of hydrogen-bond acceptors (Lipinski definition) is 4. The molecule has 0 atom stereocenters. The van der Waals surface area contributed by atoms with E-state index in [9.17, 15) is 27.6 Å². The van der Waals surface area contributed by atoms with E-state index in [0.29, 0.717) is 19.1 Å². The number of amides is 2. The number of likely N-dealkylation sites (tertiary alicyclic amines) is 1. The number of nitrogens with zero attached hydrogens (tertiary/aromatic N) is 2. The minimum atomic E-state index is -4.54. The fourth-order valence-electron chi connectivity index (χ4n) is 4.89. The summed E-state index contributed by atoms with van der Waals surface area (Å²) in [5.41, 5.74) is -0.236. The summed E-state index contributed by atoms with van der Waals surface area (Å²) in [6, 6.07) is 8.44. The van der Waals surface area contributed by atoms with Crippen LogP contribution in [0.5, 0.6) is 0 Å². The van der Waals surface area contributed by atoms with E-state index in [-0.39, 0.29) is 35.7 Å². The van der Waals surface area contributed by atoms with Crippen molar-refractivity contribution in [1.82, 2.24) is 20.1 Å². The SMILES string of the molecule is Cc1cccn(C2CCC(N3CC(NC(=O)CNC(=O)c4cccc(C(F)(F)F)c4)C3)CC2)c1=O. The normalized spacial score (nSPS) is 21.3. The third kappa shape index (κ3) is 5.93. The first-order valence-electron chi connectivity index (χ1n) is 11.8. The Balaban J connectivity index is 1.17. The van der Waals surface area contributed by atoms with Gasteiger partial charge < -0.3 is 15.2 Å². The van der Waals surface area contributed by atoms with Gasteiger partial charge in [-0.05, 0) is 56.9 Å². The summed E-state index contributed by atoms with van der Waals surface area (Å²) >= 11 is 0. The Morgan fingerprint density at radius 1 is 1.03 bits per heavy atom. The lowest BCUT2D eigenvalue weighted by molar-refractivity contribution is -0.137. The Kier molecular flexibility index (Phi) is 7.30. The highest BCUT2D eigenvalue weighted by Gasteiger charge is 2.35. The number of carbonyl (C=O) groups excluding carboxylic acids is 2. The van der Waals surface area contributed by atoms with Crippen LogP contribution < -0.4 is 16.2 Å². The van der Waals surface area contributed by atoms with Gasteiger partial charge in [0.25, 0.3) is 11.5 Å². The van der Waals surface area contributed by atoms with Gasteiger partial charge in [-0.2, -0.15) is 13.2 Å². The Labute approximate surface area is 201 Å². The first-order valence-corrected chi connectivity index (χ1v) is 11.8. The molecule has 10 heteroatoms. The van der Waals surface area contributed by atoms with E-state index in [1.165, 1.54) is 6.07 Å². The number of benzene rings is 1. The molecule has 188 valence electrons. The number of hydrogen-bond donors (Lipinski definition) is 2. The molecule has 0 unspecified atom stereocenters. The predicted molar refractivity (Wildman–Crippen MR) is 124 cm³/mol. The van der Waals surface area contributed by atoms with Gasteiger partial charge >= 0.3 is 6.18 Å². The number of carbonyl (C=O) groups is 2. The van der Waals surface area contributed by atoms with Crippen molar-refractivity contribution in [2.45, 2.75) is 56.9 Å². The summed E-state index contributed by atoms with van der Waals surface area (Å²) < 4.78 is 40.3. The highest BCUT2D eigenvalue weighted by molar-refractivity contribution is 5.96. The molecule has 7 nitrogen and oxygen atoms in total. The maximum Gasteiger partial charge on any atom is 0.416 e. The second-order valence-corrected chi connectivity index (χ2v) is 9.35. The quantitative estimate of drug-likeness (QED) is 0.653. The van der Waals surface area contributed by atoms with E-state index >= 15 is 0 Å². The number of pyridine rings is 1. The van der Waals surface area contributed by atoms with Crippen LogP contribution in [-0.2, 0) is 11.0 Å². The van der Waals surface area contributed by atoms with Crippen LogP contribution >= 0.6 is 0 Å². The van der Waals surface area contributed by atoms with Crippen molar-refractivity contribution in [2.24, 2.45) is 0 Å². The first kappa shape index (κ1) is 25.0. The Bertz CT molecular complexity index is 1130. The minimum absolute atomic E-state index is 0.0231. The zero-order valence-electron chi connectivity index (χ0n) is 19.5. The molecular formula is C25H29F3N4O3. The van der Waals surface area contributed by atoms with E-state index < -0.39 is 17.6 Å². The van der Waals surface area contributed by atoms with Gasteiger partial charge in [0.1, 0.15) is 0 Å². The second kappa shape index (κ2) is 10.2. The zero-order valence-corrected chi connectivity index (χ0v) is 19.5. The van der Waals surface area contributed by atoms with E-state index in [1.54, 1.807) is 0 Å². The van der Waals surface area contributed by atoms with E-state index in [4.69, 9.17) is 0 Å². The number of rotatable bonds is 6. The molecule has 35 heavy (non-hydrogen) atoms. The lowest BCUT2D eigenvalue weighted by Crippen LogP contribution is -2.63. The molecule has 0 spiro atoms. The summed E-state index contributed by atoms with van der Waals surface area (Å²) in [4.78, 5) is 39.0. The topological polar surface area (TPSA) is 83.4 Å². The summed E-state index contributed by atoms with van der Waals surface area (Å²) in [6.07, 6.45) is 1.16. The van der Waals surface area contributed by atoms with Gasteiger partial charge in [0, 0.05) is 42.5 Å². The van der Waals surface area contributed by atoms with Crippen LogP contribution in [0.15, 0.2) is 47.4 Å². The second-order valence-electron chi connectivity index (χ2n) is 9.35. The van der Waals surface area contributed by atoms with Crippen molar-refractivity contribution in [3.63, 3.8) is 0 Å². The number of aryl methyl sites for hydroxylation is 1. The Morgan fingerprint density at radius 3 is 2.40 bits per heavy atom. The van der Waals surface area contributed by atoms with Crippen LogP contribution in [0.3, 0.4) is 0 Å². The van der Waals surface area contributed by atoms with E-state index in [0.717, 1.165) is 49.4 Å². The maximum atomic E-state index is 12.8. The molecule has 1 aliphatic heterocycles. The fraction of sp³-hybridized carbons (Fsp3) is 0.480. The molecule has 0 bridgehead atoms. The molecule has 1 aromatic heterocycles. The van der Waals surface area contributed by atoms with Crippen LogP contribution in [0, 0.1) is 6.92 Å². The molecule has 1 saturated carbocycles. The zero-order chi connectivity index (χ0) is 25.2. The van der Waals surface area contributed by atoms with Crippen molar-refractivity contribution in [2.75, 3.05) is 19.6 Å². The van der Waals surface area contributed by atoms with Crippen LogP contribution in [-0.4, -0.2) is 53.0 Å². The monoisotopic (exact) mass is 490 g/mol. The summed E-state index contributed by atoms with van der Waals surface area (Å²) in [7, 11) is 0. The van der Waals surface area contributed by atoms with Gasteiger partial charge in [0.2, 0.25) is 5.91 Å². The third-order valence-corrected chi connectivity index (χ3v) is 6.88. The lowest BCUT2D eigenvalue weighted by atomic mass is 9.87. The largest absolute Gasteiger partial charge is 0.416 e. The van der Waals surface area contributed by atoms with Gasteiger partial charge in [-0.1, -0.05) is 12.1 Å². The molecule has 2 fully saturated rings. The Hall–Kier alpha value is -3.14. The van der Waals surface area contributed by atoms with Crippen LogP contribution in [0.1, 0.15) is 53.2 Å². The first-order chi connectivity index (χ1) is 16.6. The van der Waals surface area contributed by atoms with Crippen LogP contribution in [0.4, 0.5) is 13.2 Å². The van der Waals surface area contributed by atoms with Crippen molar-refractivity contribution >= 4 is 11.8 Å². The molecule has 0 radical (unpaired) electrons. The molecule has 2 amide bonds. The third-order valence-electron chi connectivity index (χ3n) is 6.88. The van der Waals surface area contributed by atoms with Gasteiger partial charge in [-0.3, -0.25) is 19.3 Å². The molecule has 1 saturated heterocycles. The van der Waals surface area contributed by atoms with Crippen LogP contribution in [0.25, 0.3) is 0 Å². The average molecular weight is 491 g/mol. The van der Waals surface area contributed by atoms with Crippen LogP contribution in [0.2, 0.25) is 0 Å². The number of alkyl halides is 3. The average Bonchev–Trinajstić information content (AvgIpc) is 2.81. The maximum absolute atomic E-state index is 12.8. The summed E-state index contributed by atoms with van der Waals surface area (Å²) in [6.45, 7) is 2.96. The van der Waals surface area contributed by atoms with Crippen molar-refractivity contribution in [3.8, 4) is 0 Å². The van der Waals surface area contributed by atoms with E-state index in [1.807, 2.05) is 29.8 Å². The standard InChI is InChI=1S/C25H29F3N4O3/c1-16-4-3-11-32(24(16)35)21-9-7-20(8-10-21)31-14-19(15-31)30-22(33)13-29-23(34)17-5-2-6-18(12-17)25(26,27)28/h2-6,11-12,19-21H,7-10,13-15H2,1H3,(H,29,34)(H,30,33). The molecule has 4 rings (SSSR count). The Morgan fingerprint density at radius 2 is 1.71 bits per heavy atom. The van der Waals surface area contributed by atoms with Crippen molar-refractivity contribution < 1.29 is 22.8 Å². The fourth-order valence-corrected chi connectivity index (χ4v) is 4.89. The van der Waals surface area contributed by atoms with Crippen molar-refractivity contribution in [3.05, 3.63) is 69.6 Å². The van der Waals surface area contributed by atoms with Crippen molar-refractivity contribution in [1.29, 1.82) is 0 Å². The molecule has 2 heterocycles. The predicted octanol–water partition coefficient (Wildman–Crippen LogP) is 2.89. The summed E-state index contributed by atoms with van der Waals surface area (Å²) in [5, 5.41) is 5.23.